The molecule has 0 radical (unpaired) electrons. The van der Waals surface area contributed by atoms with E-state index in [9.17, 15) is 9.18 Å². The Bertz CT molecular complexity index is 1050. The molecule has 2 aromatic heterocycles. The van der Waals surface area contributed by atoms with Crippen LogP contribution in [0.25, 0.3) is 22.2 Å². The van der Waals surface area contributed by atoms with Gasteiger partial charge >= 0.3 is 0 Å². The summed E-state index contributed by atoms with van der Waals surface area (Å²) in [5.41, 5.74) is 1.09. The number of hydrogen-bond donors (Lipinski definition) is 1. The van der Waals surface area contributed by atoms with E-state index in [-0.39, 0.29) is 30.6 Å². The van der Waals surface area contributed by atoms with E-state index in [4.69, 9.17) is 16.3 Å². The topological polar surface area (TPSA) is 69.0 Å². The van der Waals surface area contributed by atoms with Gasteiger partial charge in [0.25, 0.3) is 5.56 Å². The number of pyridine rings is 1. The summed E-state index contributed by atoms with van der Waals surface area (Å²) in [6, 6.07) is 9.03. The number of hydrogen-bond acceptors (Lipinski definition) is 5. The van der Waals surface area contributed by atoms with E-state index in [1.807, 2.05) is 6.07 Å². The Hall–Kier alpha value is -2.22. The molecule has 1 N–H and O–H groups in total. The lowest BCUT2D eigenvalue weighted by molar-refractivity contribution is 0.0903. The lowest BCUT2D eigenvalue weighted by Crippen LogP contribution is -2.29. The number of aryl methyl sites for hydroxylation is 1. The van der Waals surface area contributed by atoms with Crippen LogP contribution in [0.4, 0.5) is 10.3 Å². The van der Waals surface area contributed by atoms with Crippen molar-refractivity contribution in [3.8, 4) is 11.1 Å². The Morgan fingerprint density at radius 3 is 2.72 bits per heavy atom. The van der Waals surface area contributed by atoms with Crippen LogP contribution in [-0.4, -0.2) is 40.5 Å². The standard InChI is InChI=1S/C20H20ClFN4O2.ClH/c21-17-4-2-1-3-15(17)16-11-13-12-23-20(24-14-5-9-28-10-6-14)25-18(13)26(8-7-22)19(16)27;/h1-4,11-12,14H,5-10H2,(H,23,24,25);1H. The van der Waals surface area contributed by atoms with Crippen LogP contribution in [0.3, 0.4) is 0 Å². The predicted octanol–water partition coefficient (Wildman–Crippen LogP) is 4.09. The summed E-state index contributed by atoms with van der Waals surface area (Å²) in [7, 11) is 0. The highest BCUT2D eigenvalue weighted by Gasteiger charge is 2.17. The van der Waals surface area contributed by atoms with Crippen LogP contribution in [0, 0.1) is 0 Å². The lowest BCUT2D eigenvalue weighted by Gasteiger charge is -2.23. The molecular formula is C20H21Cl2FN4O2. The van der Waals surface area contributed by atoms with Gasteiger partial charge < -0.3 is 10.1 Å². The number of halogens is 3. The first-order valence-corrected chi connectivity index (χ1v) is 9.61. The maximum atomic E-state index is 13.2. The summed E-state index contributed by atoms with van der Waals surface area (Å²) < 4.78 is 19.9. The highest BCUT2D eigenvalue weighted by Crippen LogP contribution is 2.27. The molecule has 0 amide bonds. The Kier molecular flexibility index (Phi) is 7.05. The fourth-order valence-corrected chi connectivity index (χ4v) is 3.66. The van der Waals surface area contributed by atoms with Gasteiger partial charge in [0.05, 0.1) is 6.54 Å². The van der Waals surface area contributed by atoms with Crippen LogP contribution in [-0.2, 0) is 11.3 Å². The fourth-order valence-electron chi connectivity index (χ4n) is 3.42. The maximum absolute atomic E-state index is 13.2. The van der Waals surface area contributed by atoms with Crippen molar-refractivity contribution in [3.63, 3.8) is 0 Å². The van der Waals surface area contributed by atoms with Crippen molar-refractivity contribution in [1.82, 2.24) is 14.5 Å². The zero-order valence-electron chi connectivity index (χ0n) is 15.6. The van der Waals surface area contributed by atoms with Crippen LogP contribution >= 0.6 is 24.0 Å². The number of alkyl halides is 1. The molecule has 1 fully saturated rings. The van der Waals surface area contributed by atoms with Gasteiger partial charge in [0.15, 0.2) is 0 Å². The van der Waals surface area contributed by atoms with Crippen LogP contribution in [0.2, 0.25) is 5.02 Å². The van der Waals surface area contributed by atoms with E-state index >= 15 is 0 Å². The van der Waals surface area contributed by atoms with E-state index < -0.39 is 6.67 Å². The molecule has 154 valence electrons. The van der Waals surface area contributed by atoms with Crippen LogP contribution in [0.5, 0.6) is 0 Å². The van der Waals surface area contributed by atoms with Crippen molar-refractivity contribution in [3.05, 3.63) is 51.9 Å². The molecule has 4 rings (SSSR count). The average Bonchev–Trinajstić information content (AvgIpc) is 2.71. The number of fused-ring (bicyclic) bond motifs is 1. The van der Waals surface area contributed by atoms with Crippen LogP contribution in [0.1, 0.15) is 12.8 Å². The molecule has 1 aliphatic heterocycles. The third kappa shape index (κ3) is 4.52. The van der Waals surface area contributed by atoms with E-state index in [1.165, 1.54) is 4.57 Å². The van der Waals surface area contributed by atoms with Gasteiger partial charge in [-0.3, -0.25) is 9.36 Å². The second-order valence-corrected chi connectivity index (χ2v) is 7.09. The molecule has 0 saturated carbocycles. The smallest absolute Gasteiger partial charge is 0.260 e. The molecule has 1 saturated heterocycles. The van der Waals surface area contributed by atoms with Gasteiger partial charge in [-0.25, -0.2) is 9.37 Å². The van der Waals surface area contributed by atoms with E-state index in [0.717, 1.165) is 12.8 Å². The first-order chi connectivity index (χ1) is 13.7. The number of nitrogens with zero attached hydrogens (tertiary/aromatic N) is 3. The van der Waals surface area contributed by atoms with Crippen molar-refractivity contribution < 1.29 is 9.13 Å². The second kappa shape index (κ2) is 9.52. The molecule has 1 aromatic carbocycles. The molecule has 29 heavy (non-hydrogen) atoms. The molecule has 9 heteroatoms. The minimum absolute atomic E-state index is 0. The van der Waals surface area contributed by atoms with Gasteiger partial charge in [0.1, 0.15) is 12.3 Å². The molecule has 0 spiro atoms. The molecule has 3 aromatic rings. The van der Waals surface area contributed by atoms with E-state index in [2.05, 4.69) is 15.3 Å². The maximum Gasteiger partial charge on any atom is 0.260 e. The van der Waals surface area contributed by atoms with Crippen LogP contribution < -0.4 is 10.9 Å². The molecule has 0 atom stereocenters. The summed E-state index contributed by atoms with van der Waals surface area (Å²) in [6.45, 7) is 0.632. The molecular weight excluding hydrogens is 418 g/mol. The Balaban J connectivity index is 0.00000240. The van der Waals surface area contributed by atoms with Crippen molar-refractivity contribution in [2.45, 2.75) is 25.4 Å². The van der Waals surface area contributed by atoms with Crippen molar-refractivity contribution in [2.24, 2.45) is 0 Å². The number of nitrogens with one attached hydrogen (secondary N) is 1. The number of ether oxygens (including phenoxy) is 1. The normalized spacial score (nSPS) is 14.6. The highest BCUT2D eigenvalue weighted by molar-refractivity contribution is 6.33. The summed E-state index contributed by atoms with van der Waals surface area (Å²) in [5.74, 6) is 0.428. The van der Waals surface area contributed by atoms with Gasteiger partial charge in [-0.05, 0) is 25.0 Å². The second-order valence-electron chi connectivity index (χ2n) is 6.69. The van der Waals surface area contributed by atoms with Crippen molar-refractivity contribution in [1.29, 1.82) is 0 Å². The Labute approximate surface area is 178 Å². The number of rotatable bonds is 5. The first-order valence-electron chi connectivity index (χ1n) is 9.23. The molecule has 3 heterocycles. The highest BCUT2D eigenvalue weighted by atomic mass is 35.5. The molecule has 0 aliphatic carbocycles. The molecule has 1 aliphatic rings. The van der Waals surface area contributed by atoms with Crippen molar-refractivity contribution >= 4 is 41.0 Å². The molecule has 0 unspecified atom stereocenters. The number of anilines is 1. The first kappa shape index (κ1) is 21.5. The third-order valence-corrected chi connectivity index (χ3v) is 5.18. The molecule has 6 nitrogen and oxygen atoms in total. The zero-order valence-corrected chi connectivity index (χ0v) is 17.2. The van der Waals surface area contributed by atoms with Crippen molar-refractivity contribution in [2.75, 3.05) is 25.2 Å². The van der Waals surface area contributed by atoms with Gasteiger partial charge in [-0.2, -0.15) is 4.98 Å². The minimum atomic E-state index is -0.673. The van der Waals surface area contributed by atoms with E-state index in [0.29, 0.717) is 46.3 Å². The number of benzene rings is 1. The predicted molar refractivity (Wildman–Crippen MR) is 115 cm³/mol. The SMILES string of the molecule is Cl.O=c1c(-c2ccccc2Cl)cc2cnc(NC3CCOCC3)nc2n1CCF. The lowest BCUT2D eigenvalue weighted by atomic mass is 10.1. The van der Waals surface area contributed by atoms with Gasteiger partial charge in [-0.15, -0.1) is 12.4 Å². The fraction of sp³-hybridized carbons (Fsp3) is 0.350. The summed E-state index contributed by atoms with van der Waals surface area (Å²) >= 11 is 6.27. The van der Waals surface area contributed by atoms with Crippen LogP contribution in [0.15, 0.2) is 41.3 Å². The van der Waals surface area contributed by atoms with Gasteiger partial charge in [0.2, 0.25) is 5.95 Å². The summed E-state index contributed by atoms with van der Waals surface area (Å²) in [6.07, 6.45) is 3.38. The van der Waals surface area contributed by atoms with Gasteiger partial charge in [-0.1, -0.05) is 29.8 Å². The summed E-state index contributed by atoms with van der Waals surface area (Å²) in [4.78, 5) is 22.0. The Morgan fingerprint density at radius 2 is 2.00 bits per heavy atom. The Morgan fingerprint density at radius 1 is 1.24 bits per heavy atom. The minimum Gasteiger partial charge on any atom is -0.381 e. The quantitative estimate of drug-likeness (QED) is 0.649. The van der Waals surface area contributed by atoms with E-state index in [1.54, 1.807) is 30.5 Å². The van der Waals surface area contributed by atoms with Gasteiger partial charge in [0, 0.05) is 47.0 Å². The zero-order chi connectivity index (χ0) is 19.5. The largest absolute Gasteiger partial charge is 0.381 e. The number of aromatic nitrogens is 3. The average molecular weight is 439 g/mol. The monoisotopic (exact) mass is 438 g/mol. The summed E-state index contributed by atoms with van der Waals surface area (Å²) in [5, 5.41) is 4.40. The third-order valence-electron chi connectivity index (χ3n) is 4.85. The molecule has 0 bridgehead atoms.